The third kappa shape index (κ3) is 4.29. The predicted molar refractivity (Wildman–Crippen MR) is 122 cm³/mol. The second kappa shape index (κ2) is 9.35. The fourth-order valence-corrected chi connectivity index (χ4v) is 4.13. The lowest BCUT2D eigenvalue weighted by atomic mass is 10.2. The zero-order chi connectivity index (χ0) is 21.8. The monoisotopic (exact) mass is 433 g/mol. The van der Waals surface area contributed by atoms with E-state index in [0.29, 0.717) is 37.3 Å². The van der Waals surface area contributed by atoms with Gasteiger partial charge in [-0.25, -0.2) is 4.98 Å². The minimum Gasteiger partial charge on any atom is -0.463 e. The molecular formula is C23H27N7O2. The number of furan rings is 1. The number of nitrogens with zero attached hydrogens (tertiary/aromatic N) is 5. The van der Waals surface area contributed by atoms with Gasteiger partial charge in [-0.05, 0) is 43.0 Å². The Bertz CT molecular complexity index is 1150. The highest BCUT2D eigenvalue weighted by atomic mass is 16.3. The van der Waals surface area contributed by atoms with E-state index in [1.807, 2.05) is 36.8 Å². The molecule has 0 aromatic carbocycles. The molecule has 0 saturated heterocycles. The second-order valence-corrected chi connectivity index (χ2v) is 8.04. The topological polar surface area (TPSA) is 114 Å². The van der Waals surface area contributed by atoms with Crippen LogP contribution in [0.1, 0.15) is 43.7 Å². The van der Waals surface area contributed by atoms with Gasteiger partial charge in [0.25, 0.3) is 0 Å². The highest BCUT2D eigenvalue weighted by molar-refractivity contribution is 5.84. The minimum absolute atomic E-state index is 0.126. The molecule has 0 amide bonds. The van der Waals surface area contributed by atoms with Crippen LogP contribution >= 0.6 is 0 Å². The van der Waals surface area contributed by atoms with Crippen molar-refractivity contribution in [2.75, 3.05) is 23.8 Å². The number of fused-ring (bicyclic) bond motifs is 1. The average molecular weight is 434 g/mol. The maximum Gasteiger partial charge on any atom is 0.226 e. The lowest BCUT2D eigenvalue weighted by Gasteiger charge is -2.14. The highest BCUT2D eigenvalue weighted by Crippen LogP contribution is 2.33. The summed E-state index contributed by atoms with van der Waals surface area (Å²) in [6.07, 6.45) is 10.8. The van der Waals surface area contributed by atoms with E-state index in [0.717, 1.165) is 41.0 Å². The molecule has 3 N–H and O–H groups in total. The summed E-state index contributed by atoms with van der Waals surface area (Å²) in [5.74, 6) is 1.98. The Labute approximate surface area is 185 Å². The maximum atomic E-state index is 9.10. The van der Waals surface area contributed by atoms with Crippen LogP contribution in [0.25, 0.3) is 22.6 Å². The van der Waals surface area contributed by atoms with Crippen molar-refractivity contribution >= 4 is 22.9 Å². The lowest BCUT2D eigenvalue weighted by Crippen LogP contribution is -2.11. The van der Waals surface area contributed by atoms with Crippen molar-refractivity contribution in [3.8, 4) is 11.5 Å². The number of aliphatic hydroxyl groups excluding tert-OH is 1. The Balaban J connectivity index is 1.39. The summed E-state index contributed by atoms with van der Waals surface area (Å²) in [7, 11) is 0. The van der Waals surface area contributed by atoms with Gasteiger partial charge in [0.2, 0.25) is 5.95 Å². The van der Waals surface area contributed by atoms with Crippen molar-refractivity contribution in [2.24, 2.45) is 0 Å². The van der Waals surface area contributed by atoms with Crippen LogP contribution in [0.4, 0.5) is 11.8 Å². The summed E-state index contributed by atoms with van der Waals surface area (Å²) in [6, 6.07) is 8.15. The molecule has 9 heteroatoms. The zero-order valence-corrected chi connectivity index (χ0v) is 17.9. The van der Waals surface area contributed by atoms with Crippen LogP contribution in [-0.4, -0.2) is 42.8 Å². The molecule has 0 aliphatic heterocycles. The molecule has 4 aromatic heterocycles. The summed E-state index contributed by atoms with van der Waals surface area (Å²) < 4.78 is 7.59. The van der Waals surface area contributed by atoms with E-state index in [9.17, 15) is 0 Å². The first-order chi connectivity index (χ1) is 15.8. The molecule has 0 radical (unpaired) electrons. The Morgan fingerprint density at radius 2 is 2.00 bits per heavy atom. The molecule has 1 saturated carbocycles. The Morgan fingerprint density at radius 1 is 1.09 bits per heavy atom. The van der Waals surface area contributed by atoms with Gasteiger partial charge in [0.05, 0.1) is 12.6 Å². The van der Waals surface area contributed by atoms with Crippen LogP contribution in [0, 0.1) is 0 Å². The van der Waals surface area contributed by atoms with Crippen LogP contribution in [0.15, 0.2) is 47.5 Å². The van der Waals surface area contributed by atoms with Crippen molar-refractivity contribution in [1.29, 1.82) is 0 Å². The van der Waals surface area contributed by atoms with E-state index in [4.69, 9.17) is 14.5 Å². The molecule has 0 atom stereocenters. The Hall–Kier alpha value is -3.46. The molecule has 5 rings (SSSR count). The Morgan fingerprint density at radius 3 is 2.75 bits per heavy atom. The Kier molecular flexibility index (Phi) is 5.98. The quantitative estimate of drug-likeness (QED) is 0.339. The van der Waals surface area contributed by atoms with E-state index >= 15 is 0 Å². The van der Waals surface area contributed by atoms with E-state index in [-0.39, 0.29) is 6.61 Å². The number of imidazole rings is 1. The van der Waals surface area contributed by atoms with Crippen LogP contribution in [0.3, 0.4) is 0 Å². The van der Waals surface area contributed by atoms with E-state index in [2.05, 4.69) is 30.2 Å². The fourth-order valence-electron chi connectivity index (χ4n) is 4.13. The smallest absolute Gasteiger partial charge is 0.226 e. The van der Waals surface area contributed by atoms with Gasteiger partial charge in [-0.2, -0.15) is 9.97 Å². The van der Waals surface area contributed by atoms with Crippen LogP contribution in [0.5, 0.6) is 0 Å². The number of rotatable bonds is 9. The van der Waals surface area contributed by atoms with Crippen molar-refractivity contribution in [3.05, 3.63) is 48.6 Å². The molecule has 1 fully saturated rings. The standard InChI is InChI=1S/C23H27N7O2/c31-11-4-10-24-23-28-21(20-22(29-23)30(15-27-20)17-5-1-2-6-17)26-14-16-8-9-18(25-13-16)19-7-3-12-32-19/h3,7-9,12-13,15,17,31H,1-2,4-6,10-11,14H2,(H2,24,26,28,29). The van der Waals surface area contributed by atoms with Crippen molar-refractivity contribution < 1.29 is 9.52 Å². The summed E-state index contributed by atoms with van der Waals surface area (Å²) in [5, 5.41) is 15.7. The number of aromatic nitrogens is 5. The van der Waals surface area contributed by atoms with Gasteiger partial charge >= 0.3 is 0 Å². The predicted octanol–water partition coefficient (Wildman–Crippen LogP) is 4.00. The largest absolute Gasteiger partial charge is 0.463 e. The second-order valence-electron chi connectivity index (χ2n) is 8.04. The molecule has 1 aliphatic rings. The first-order valence-electron chi connectivity index (χ1n) is 11.1. The van der Waals surface area contributed by atoms with Crippen molar-refractivity contribution in [3.63, 3.8) is 0 Å². The van der Waals surface area contributed by atoms with Crippen molar-refractivity contribution in [2.45, 2.75) is 44.7 Å². The van der Waals surface area contributed by atoms with Gasteiger partial charge in [-0.1, -0.05) is 18.9 Å². The first kappa shape index (κ1) is 20.4. The summed E-state index contributed by atoms with van der Waals surface area (Å²) in [6.45, 7) is 1.29. The first-order valence-corrected chi connectivity index (χ1v) is 11.1. The highest BCUT2D eigenvalue weighted by Gasteiger charge is 2.21. The van der Waals surface area contributed by atoms with Gasteiger partial charge in [0.15, 0.2) is 22.7 Å². The van der Waals surface area contributed by atoms with Crippen LogP contribution in [0.2, 0.25) is 0 Å². The number of anilines is 2. The molecule has 4 aromatic rings. The van der Waals surface area contributed by atoms with Crippen molar-refractivity contribution in [1.82, 2.24) is 24.5 Å². The number of nitrogens with one attached hydrogen (secondary N) is 2. The maximum absolute atomic E-state index is 9.10. The molecule has 9 nitrogen and oxygen atoms in total. The molecule has 4 heterocycles. The minimum atomic E-state index is 0.126. The van der Waals surface area contributed by atoms with E-state index in [1.165, 1.54) is 12.8 Å². The fraction of sp³-hybridized carbons (Fsp3) is 0.391. The molecule has 32 heavy (non-hydrogen) atoms. The molecular weight excluding hydrogens is 406 g/mol. The van der Waals surface area contributed by atoms with Gasteiger partial charge in [-0.3, -0.25) is 4.98 Å². The van der Waals surface area contributed by atoms with Gasteiger partial charge in [-0.15, -0.1) is 0 Å². The summed E-state index contributed by atoms with van der Waals surface area (Å²) >= 11 is 0. The van der Waals surface area contributed by atoms with E-state index in [1.54, 1.807) is 6.26 Å². The molecule has 0 unspecified atom stereocenters. The van der Waals surface area contributed by atoms with Crippen LogP contribution < -0.4 is 10.6 Å². The van der Waals surface area contributed by atoms with Gasteiger partial charge in [0.1, 0.15) is 5.69 Å². The number of hydrogen-bond acceptors (Lipinski definition) is 8. The zero-order valence-electron chi connectivity index (χ0n) is 17.9. The van der Waals surface area contributed by atoms with Gasteiger partial charge < -0.3 is 24.7 Å². The number of pyridine rings is 1. The van der Waals surface area contributed by atoms with Gasteiger partial charge in [0, 0.05) is 31.9 Å². The number of aliphatic hydroxyl groups is 1. The molecule has 0 bridgehead atoms. The summed E-state index contributed by atoms with van der Waals surface area (Å²) in [4.78, 5) is 18.5. The SMILES string of the molecule is OCCCNc1nc(NCc2ccc(-c3ccco3)nc2)c2ncn(C3CCCC3)c2n1. The summed E-state index contributed by atoms with van der Waals surface area (Å²) in [5.41, 5.74) is 3.43. The molecule has 166 valence electrons. The third-order valence-corrected chi connectivity index (χ3v) is 5.82. The average Bonchev–Trinajstić information content (AvgIpc) is 3.59. The molecule has 0 spiro atoms. The normalized spacial score (nSPS) is 14.3. The number of hydrogen-bond donors (Lipinski definition) is 3. The third-order valence-electron chi connectivity index (χ3n) is 5.82. The lowest BCUT2D eigenvalue weighted by molar-refractivity contribution is 0.292. The van der Waals surface area contributed by atoms with Crippen LogP contribution in [-0.2, 0) is 6.54 Å². The molecule has 1 aliphatic carbocycles. The van der Waals surface area contributed by atoms with E-state index < -0.39 is 0 Å².